The lowest BCUT2D eigenvalue weighted by Crippen LogP contribution is -2.20. The van der Waals surface area contributed by atoms with E-state index in [1.54, 1.807) is 24.3 Å². The van der Waals surface area contributed by atoms with Gasteiger partial charge in [0.05, 0.1) is 12.8 Å². The molecule has 0 aliphatic rings. The summed E-state index contributed by atoms with van der Waals surface area (Å²) in [5.41, 5.74) is 2.04. The first-order valence-electron chi connectivity index (χ1n) is 7.31. The minimum atomic E-state index is -0.326. The average molecular weight is 313 g/mol. The Kier molecular flexibility index (Phi) is 5.74. The van der Waals surface area contributed by atoms with Crippen LogP contribution in [-0.2, 0) is 11.2 Å². The second-order valence-electron chi connectivity index (χ2n) is 4.92. The van der Waals surface area contributed by atoms with Gasteiger partial charge in [-0.15, -0.1) is 0 Å². The van der Waals surface area contributed by atoms with Gasteiger partial charge >= 0.3 is 0 Å². The molecule has 0 saturated heterocycles. The lowest BCUT2D eigenvalue weighted by molar-refractivity contribution is -0.118. The van der Waals surface area contributed by atoms with Crippen LogP contribution in [0.3, 0.4) is 0 Å². The molecule has 0 aliphatic heterocycles. The predicted octanol–water partition coefficient (Wildman–Crippen LogP) is 3.09. The van der Waals surface area contributed by atoms with Crippen LogP contribution in [0.25, 0.3) is 0 Å². The minimum Gasteiger partial charge on any atom is -0.495 e. The number of rotatable bonds is 7. The number of amides is 1. The molecule has 2 rings (SSSR count). The zero-order valence-corrected chi connectivity index (χ0v) is 13.2. The van der Waals surface area contributed by atoms with E-state index in [-0.39, 0.29) is 12.5 Å². The standard InChI is InChI=1S/C18H19NO4/c1-3-13-5-4-6-15(9-13)23-12-18(21)19-16-10-14(11-20)7-8-17(16)22-2/h4-11H,3,12H2,1-2H3,(H,19,21). The molecule has 0 saturated carbocycles. The molecular formula is C18H19NO4. The molecule has 0 fully saturated rings. The molecule has 1 amide bonds. The highest BCUT2D eigenvalue weighted by Crippen LogP contribution is 2.25. The summed E-state index contributed by atoms with van der Waals surface area (Å²) in [6, 6.07) is 12.4. The van der Waals surface area contributed by atoms with E-state index in [2.05, 4.69) is 12.2 Å². The van der Waals surface area contributed by atoms with Crippen molar-refractivity contribution in [3.63, 3.8) is 0 Å². The lowest BCUT2D eigenvalue weighted by atomic mass is 10.2. The van der Waals surface area contributed by atoms with Crippen LogP contribution < -0.4 is 14.8 Å². The van der Waals surface area contributed by atoms with E-state index in [4.69, 9.17) is 9.47 Å². The van der Waals surface area contributed by atoms with Gasteiger partial charge in [0.2, 0.25) is 0 Å². The summed E-state index contributed by atoms with van der Waals surface area (Å²) in [7, 11) is 1.50. The second kappa shape index (κ2) is 7.98. The Balaban J connectivity index is 2.00. The largest absolute Gasteiger partial charge is 0.495 e. The van der Waals surface area contributed by atoms with Gasteiger partial charge in [0.1, 0.15) is 17.8 Å². The van der Waals surface area contributed by atoms with E-state index in [0.717, 1.165) is 12.0 Å². The van der Waals surface area contributed by atoms with Gasteiger partial charge in [0.15, 0.2) is 6.61 Å². The molecule has 23 heavy (non-hydrogen) atoms. The molecule has 0 aromatic heterocycles. The molecule has 0 spiro atoms. The maximum Gasteiger partial charge on any atom is 0.262 e. The van der Waals surface area contributed by atoms with Crippen LogP contribution in [0.15, 0.2) is 42.5 Å². The maximum absolute atomic E-state index is 12.0. The van der Waals surface area contributed by atoms with Crippen molar-refractivity contribution in [1.29, 1.82) is 0 Å². The fourth-order valence-electron chi connectivity index (χ4n) is 2.09. The van der Waals surface area contributed by atoms with E-state index < -0.39 is 0 Å². The van der Waals surface area contributed by atoms with Crippen LogP contribution >= 0.6 is 0 Å². The molecule has 0 heterocycles. The third kappa shape index (κ3) is 4.57. The SMILES string of the molecule is CCc1cccc(OCC(=O)Nc2cc(C=O)ccc2OC)c1. The van der Waals surface area contributed by atoms with Crippen molar-refractivity contribution in [3.8, 4) is 11.5 Å². The molecular weight excluding hydrogens is 294 g/mol. The van der Waals surface area contributed by atoms with Crippen molar-refractivity contribution < 1.29 is 19.1 Å². The molecule has 2 aromatic rings. The van der Waals surface area contributed by atoms with Crippen molar-refractivity contribution >= 4 is 17.9 Å². The second-order valence-corrected chi connectivity index (χ2v) is 4.92. The number of ether oxygens (including phenoxy) is 2. The highest BCUT2D eigenvalue weighted by Gasteiger charge is 2.09. The molecule has 1 N–H and O–H groups in total. The van der Waals surface area contributed by atoms with Crippen LogP contribution in [0.1, 0.15) is 22.8 Å². The number of anilines is 1. The van der Waals surface area contributed by atoms with Crippen LogP contribution in [0.5, 0.6) is 11.5 Å². The van der Waals surface area contributed by atoms with Crippen LogP contribution in [0.2, 0.25) is 0 Å². The monoisotopic (exact) mass is 313 g/mol. The number of carbonyl (C=O) groups is 2. The molecule has 120 valence electrons. The summed E-state index contributed by atoms with van der Waals surface area (Å²) in [6.07, 6.45) is 1.61. The Labute approximate surface area is 135 Å². The first-order valence-corrected chi connectivity index (χ1v) is 7.31. The fourth-order valence-corrected chi connectivity index (χ4v) is 2.09. The third-order valence-electron chi connectivity index (χ3n) is 3.31. The summed E-state index contributed by atoms with van der Waals surface area (Å²) in [4.78, 5) is 22.9. The van der Waals surface area contributed by atoms with Gasteiger partial charge in [-0.3, -0.25) is 9.59 Å². The number of hydrogen-bond acceptors (Lipinski definition) is 4. The van der Waals surface area contributed by atoms with Gasteiger partial charge in [0.25, 0.3) is 5.91 Å². The van der Waals surface area contributed by atoms with Crippen molar-refractivity contribution in [1.82, 2.24) is 0 Å². The number of aldehydes is 1. The zero-order chi connectivity index (χ0) is 16.7. The number of hydrogen-bond donors (Lipinski definition) is 1. The van der Waals surface area contributed by atoms with Crippen molar-refractivity contribution in [2.75, 3.05) is 19.0 Å². The first-order chi connectivity index (χ1) is 11.2. The molecule has 2 aromatic carbocycles. The Morgan fingerprint density at radius 1 is 1.22 bits per heavy atom. The lowest BCUT2D eigenvalue weighted by Gasteiger charge is -2.11. The summed E-state index contributed by atoms with van der Waals surface area (Å²) < 4.78 is 10.7. The van der Waals surface area contributed by atoms with Gasteiger partial charge in [-0.1, -0.05) is 19.1 Å². The minimum absolute atomic E-state index is 0.123. The number of benzene rings is 2. The number of nitrogens with one attached hydrogen (secondary N) is 1. The van der Waals surface area contributed by atoms with Gasteiger partial charge in [-0.25, -0.2) is 0 Å². The highest BCUT2D eigenvalue weighted by molar-refractivity contribution is 5.94. The summed E-state index contributed by atoms with van der Waals surface area (Å²) >= 11 is 0. The molecule has 0 bridgehead atoms. The number of carbonyl (C=O) groups excluding carboxylic acids is 2. The van der Waals surface area contributed by atoms with E-state index in [0.29, 0.717) is 29.0 Å². The predicted molar refractivity (Wildman–Crippen MR) is 88.3 cm³/mol. The van der Waals surface area contributed by atoms with E-state index in [9.17, 15) is 9.59 Å². The summed E-state index contributed by atoms with van der Waals surface area (Å²) in [5, 5.41) is 2.69. The Morgan fingerprint density at radius 3 is 2.74 bits per heavy atom. The van der Waals surface area contributed by atoms with Crippen molar-refractivity contribution in [2.45, 2.75) is 13.3 Å². The van der Waals surface area contributed by atoms with E-state index in [1.165, 1.54) is 7.11 Å². The molecule has 0 aliphatic carbocycles. The third-order valence-corrected chi connectivity index (χ3v) is 3.31. The molecule has 5 heteroatoms. The summed E-state index contributed by atoms with van der Waals surface area (Å²) in [5.74, 6) is 0.804. The Bertz CT molecular complexity index is 697. The average Bonchev–Trinajstić information content (AvgIpc) is 2.60. The van der Waals surface area contributed by atoms with Gasteiger partial charge in [-0.05, 0) is 42.3 Å². The number of aryl methyl sites for hydroxylation is 1. The summed E-state index contributed by atoms with van der Waals surface area (Å²) in [6.45, 7) is 1.93. The van der Waals surface area contributed by atoms with Crippen molar-refractivity contribution in [2.24, 2.45) is 0 Å². The molecule has 0 atom stereocenters. The number of methoxy groups -OCH3 is 1. The van der Waals surface area contributed by atoms with Crippen LogP contribution in [-0.4, -0.2) is 25.9 Å². The molecule has 0 unspecified atom stereocenters. The fraction of sp³-hybridized carbons (Fsp3) is 0.222. The first kappa shape index (κ1) is 16.5. The van der Waals surface area contributed by atoms with E-state index >= 15 is 0 Å². The van der Waals surface area contributed by atoms with Gasteiger partial charge in [0, 0.05) is 5.56 Å². The quantitative estimate of drug-likeness (QED) is 0.798. The normalized spacial score (nSPS) is 10.0. The van der Waals surface area contributed by atoms with Crippen LogP contribution in [0.4, 0.5) is 5.69 Å². The van der Waals surface area contributed by atoms with Gasteiger partial charge < -0.3 is 14.8 Å². The smallest absolute Gasteiger partial charge is 0.262 e. The van der Waals surface area contributed by atoms with Crippen LogP contribution in [0, 0.1) is 0 Å². The Hall–Kier alpha value is -2.82. The molecule has 5 nitrogen and oxygen atoms in total. The topological polar surface area (TPSA) is 64.6 Å². The molecule has 0 radical (unpaired) electrons. The maximum atomic E-state index is 12.0. The Morgan fingerprint density at radius 2 is 2.04 bits per heavy atom. The van der Waals surface area contributed by atoms with Gasteiger partial charge in [-0.2, -0.15) is 0 Å². The highest BCUT2D eigenvalue weighted by atomic mass is 16.5. The zero-order valence-electron chi connectivity index (χ0n) is 13.2. The van der Waals surface area contributed by atoms with Crippen molar-refractivity contribution in [3.05, 3.63) is 53.6 Å². The van der Waals surface area contributed by atoms with E-state index in [1.807, 2.05) is 18.2 Å².